The normalized spacial score (nSPS) is 12.8. The molecule has 0 aliphatic heterocycles. The fourth-order valence-corrected chi connectivity index (χ4v) is 2.79. The van der Waals surface area contributed by atoms with Gasteiger partial charge in [-0.15, -0.1) is 0 Å². The average molecular weight is 383 g/mol. The van der Waals surface area contributed by atoms with Gasteiger partial charge >= 0.3 is 0 Å². The van der Waals surface area contributed by atoms with Crippen LogP contribution in [-0.4, -0.2) is 17.9 Å². The van der Waals surface area contributed by atoms with Crippen LogP contribution in [0.1, 0.15) is 34.6 Å². The molecule has 3 rings (SSSR count). The molecule has 2 aromatic carbocycles. The van der Waals surface area contributed by atoms with E-state index in [2.05, 4.69) is 10.6 Å². The van der Waals surface area contributed by atoms with Crippen LogP contribution in [0, 0.1) is 0 Å². The number of halogens is 1. The first-order valence-electron chi connectivity index (χ1n) is 8.50. The molecular weight excluding hydrogens is 364 g/mol. The molecule has 0 saturated carbocycles. The summed E-state index contributed by atoms with van der Waals surface area (Å²) in [6, 6.07) is 19.0. The van der Waals surface area contributed by atoms with Crippen molar-refractivity contribution < 1.29 is 14.0 Å². The molecule has 2 N–H and O–H groups in total. The highest BCUT2D eigenvalue weighted by molar-refractivity contribution is 6.30. The number of amides is 2. The van der Waals surface area contributed by atoms with E-state index in [1.807, 2.05) is 42.5 Å². The Morgan fingerprint density at radius 3 is 2.19 bits per heavy atom. The Hall–Kier alpha value is -3.05. The van der Waals surface area contributed by atoms with Gasteiger partial charge in [-0.05, 0) is 42.3 Å². The number of carbonyl (C=O) groups excluding carboxylic acids is 2. The lowest BCUT2D eigenvalue weighted by atomic mass is 9.98. The zero-order chi connectivity index (χ0) is 19.2. The summed E-state index contributed by atoms with van der Waals surface area (Å²) in [4.78, 5) is 24.8. The minimum absolute atomic E-state index is 0.159. The summed E-state index contributed by atoms with van der Waals surface area (Å²) in [7, 11) is 0. The molecule has 5 nitrogen and oxygen atoms in total. The van der Waals surface area contributed by atoms with Gasteiger partial charge in [0.25, 0.3) is 5.91 Å². The predicted octanol–water partition coefficient (Wildman–Crippen LogP) is 3.96. The van der Waals surface area contributed by atoms with Crippen molar-refractivity contribution in [1.29, 1.82) is 0 Å². The minimum atomic E-state index is -0.735. The van der Waals surface area contributed by atoms with Crippen LogP contribution in [0.2, 0.25) is 5.02 Å². The van der Waals surface area contributed by atoms with Crippen LogP contribution in [0.15, 0.2) is 77.4 Å². The molecule has 2 atom stereocenters. The van der Waals surface area contributed by atoms with Crippen LogP contribution in [0.3, 0.4) is 0 Å². The number of hydrogen-bond donors (Lipinski definition) is 2. The first kappa shape index (κ1) is 18.7. The first-order chi connectivity index (χ1) is 13.0. The molecule has 2 amide bonds. The lowest BCUT2D eigenvalue weighted by molar-refractivity contribution is -0.123. The van der Waals surface area contributed by atoms with Gasteiger partial charge in [-0.2, -0.15) is 0 Å². The molecule has 3 aromatic rings. The van der Waals surface area contributed by atoms with Gasteiger partial charge in [0.1, 0.15) is 6.04 Å². The van der Waals surface area contributed by atoms with Crippen molar-refractivity contribution in [3.63, 3.8) is 0 Å². The summed E-state index contributed by atoms with van der Waals surface area (Å²) in [5.41, 5.74) is 1.82. The van der Waals surface area contributed by atoms with Gasteiger partial charge in [-0.1, -0.05) is 54.1 Å². The topological polar surface area (TPSA) is 71.3 Å². The van der Waals surface area contributed by atoms with Crippen LogP contribution in [0.4, 0.5) is 0 Å². The number of benzene rings is 2. The van der Waals surface area contributed by atoms with E-state index in [1.54, 1.807) is 31.2 Å². The Labute approximate surface area is 162 Å². The Kier molecular flexibility index (Phi) is 5.94. The van der Waals surface area contributed by atoms with E-state index in [4.69, 9.17) is 16.0 Å². The number of rotatable bonds is 6. The van der Waals surface area contributed by atoms with Crippen molar-refractivity contribution in [1.82, 2.24) is 10.6 Å². The second-order valence-corrected chi connectivity index (χ2v) is 6.51. The van der Waals surface area contributed by atoms with Gasteiger partial charge in [0.2, 0.25) is 5.91 Å². The van der Waals surface area contributed by atoms with Crippen LogP contribution >= 0.6 is 11.6 Å². The summed E-state index contributed by atoms with van der Waals surface area (Å²) in [6.45, 7) is 1.63. The maximum Gasteiger partial charge on any atom is 0.287 e. The third kappa shape index (κ3) is 4.77. The molecule has 0 bridgehead atoms. The molecule has 138 valence electrons. The number of nitrogens with one attached hydrogen (secondary N) is 2. The van der Waals surface area contributed by atoms with Crippen LogP contribution in [0.5, 0.6) is 0 Å². The SMILES string of the molecule is CC(NC(=O)c1ccco1)C(=O)NC(c1ccccc1)c1ccc(Cl)cc1. The Morgan fingerprint density at radius 1 is 0.889 bits per heavy atom. The van der Waals surface area contributed by atoms with Crippen molar-refractivity contribution in [3.8, 4) is 0 Å². The number of carbonyl (C=O) groups is 2. The summed E-state index contributed by atoms with van der Waals surface area (Å²) < 4.78 is 5.05. The highest BCUT2D eigenvalue weighted by Crippen LogP contribution is 2.23. The fraction of sp³-hybridized carbons (Fsp3) is 0.143. The van der Waals surface area contributed by atoms with Crippen LogP contribution in [-0.2, 0) is 4.79 Å². The van der Waals surface area contributed by atoms with E-state index in [-0.39, 0.29) is 17.7 Å². The molecule has 0 aliphatic carbocycles. The molecular formula is C21H19ClN2O3. The quantitative estimate of drug-likeness (QED) is 0.678. The molecule has 0 fully saturated rings. The Balaban J connectivity index is 1.76. The van der Waals surface area contributed by atoms with Crippen molar-refractivity contribution in [2.75, 3.05) is 0 Å². The third-order valence-electron chi connectivity index (χ3n) is 4.11. The number of furan rings is 1. The van der Waals surface area contributed by atoms with E-state index in [9.17, 15) is 9.59 Å². The maximum atomic E-state index is 12.7. The molecule has 0 radical (unpaired) electrons. The standard InChI is InChI=1S/C21H19ClN2O3/c1-14(23-21(26)18-8-5-13-27-18)20(25)24-19(15-6-3-2-4-7-15)16-9-11-17(22)12-10-16/h2-14,19H,1H3,(H,23,26)(H,24,25). The van der Waals surface area contributed by atoms with Gasteiger partial charge < -0.3 is 15.1 Å². The Bertz CT molecular complexity index is 893. The van der Waals surface area contributed by atoms with E-state index in [0.29, 0.717) is 5.02 Å². The van der Waals surface area contributed by atoms with E-state index in [0.717, 1.165) is 11.1 Å². The highest BCUT2D eigenvalue weighted by atomic mass is 35.5. The lowest BCUT2D eigenvalue weighted by Gasteiger charge is -2.22. The molecule has 6 heteroatoms. The van der Waals surface area contributed by atoms with Crippen molar-refractivity contribution in [3.05, 3.63) is 94.9 Å². The van der Waals surface area contributed by atoms with Crippen LogP contribution in [0.25, 0.3) is 0 Å². The average Bonchev–Trinajstić information content (AvgIpc) is 3.22. The smallest absolute Gasteiger partial charge is 0.287 e. The van der Waals surface area contributed by atoms with E-state index >= 15 is 0 Å². The van der Waals surface area contributed by atoms with Crippen molar-refractivity contribution in [2.45, 2.75) is 19.0 Å². The minimum Gasteiger partial charge on any atom is -0.459 e. The maximum absolute atomic E-state index is 12.7. The summed E-state index contributed by atoms with van der Waals surface area (Å²) in [5, 5.41) is 6.25. The zero-order valence-corrected chi connectivity index (χ0v) is 15.4. The van der Waals surface area contributed by atoms with Crippen LogP contribution < -0.4 is 10.6 Å². The fourth-order valence-electron chi connectivity index (χ4n) is 2.67. The molecule has 0 aliphatic rings. The Morgan fingerprint density at radius 2 is 1.56 bits per heavy atom. The van der Waals surface area contributed by atoms with E-state index in [1.165, 1.54) is 6.26 Å². The highest BCUT2D eigenvalue weighted by Gasteiger charge is 2.22. The van der Waals surface area contributed by atoms with E-state index < -0.39 is 11.9 Å². The van der Waals surface area contributed by atoms with Gasteiger partial charge in [-0.3, -0.25) is 9.59 Å². The summed E-state index contributed by atoms with van der Waals surface area (Å²) >= 11 is 5.98. The molecule has 1 heterocycles. The largest absolute Gasteiger partial charge is 0.459 e. The zero-order valence-electron chi connectivity index (χ0n) is 14.7. The second kappa shape index (κ2) is 8.56. The molecule has 2 unspecified atom stereocenters. The molecule has 1 aromatic heterocycles. The monoisotopic (exact) mass is 382 g/mol. The third-order valence-corrected chi connectivity index (χ3v) is 4.36. The van der Waals surface area contributed by atoms with Crippen molar-refractivity contribution in [2.24, 2.45) is 0 Å². The molecule has 27 heavy (non-hydrogen) atoms. The number of hydrogen-bond acceptors (Lipinski definition) is 3. The predicted molar refractivity (Wildman–Crippen MR) is 104 cm³/mol. The summed E-state index contributed by atoms with van der Waals surface area (Å²) in [5.74, 6) is -0.587. The lowest BCUT2D eigenvalue weighted by Crippen LogP contribution is -2.46. The van der Waals surface area contributed by atoms with Gasteiger partial charge in [0.15, 0.2) is 5.76 Å². The molecule has 0 saturated heterocycles. The van der Waals surface area contributed by atoms with Gasteiger partial charge in [-0.25, -0.2) is 0 Å². The second-order valence-electron chi connectivity index (χ2n) is 6.08. The first-order valence-corrected chi connectivity index (χ1v) is 8.87. The van der Waals surface area contributed by atoms with Gasteiger partial charge in [0.05, 0.1) is 12.3 Å². The summed E-state index contributed by atoms with van der Waals surface area (Å²) in [6.07, 6.45) is 1.41. The molecule has 0 spiro atoms. The van der Waals surface area contributed by atoms with Gasteiger partial charge in [0, 0.05) is 5.02 Å². The van der Waals surface area contributed by atoms with Crippen molar-refractivity contribution >= 4 is 23.4 Å².